The van der Waals surface area contributed by atoms with Gasteiger partial charge in [0.25, 0.3) is 0 Å². The number of piperidine rings is 1. The average molecular weight is 399 g/mol. The number of amides is 2. The lowest BCUT2D eigenvalue weighted by Crippen LogP contribution is -2.37. The fourth-order valence-electron chi connectivity index (χ4n) is 4.39. The Labute approximate surface area is 169 Å². The van der Waals surface area contributed by atoms with Gasteiger partial charge in [0, 0.05) is 29.1 Å². The van der Waals surface area contributed by atoms with E-state index in [2.05, 4.69) is 10.0 Å². The van der Waals surface area contributed by atoms with E-state index in [1.165, 1.54) is 4.90 Å². The molecular weight excluding hydrogens is 374 g/mol. The van der Waals surface area contributed by atoms with Gasteiger partial charge in [0.05, 0.1) is 12.6 Å². The number of cyclic esters (lactones) is 1. The van der Waals surface area contributed by atoms with Gasteiger partial charge in [-0.25, -0.2) is 9.59 Å². The van der Waals surface area contributed by atoms with Gasteiger partial charge in [-0.2, -0.15) is 0 Å². The van der Waals surface area contributed by atoms with Gasteiger partial charge in [0.1, 0.15) is 12.2 Å². The third-order valence-corrected chi connectivity index (χ3v) is 5.83. The molecule has 1 aromatic carbocycles. The van der Waals surface area contributed by atoms with Gasteiger partial charge in [-0.1, -0.05) is 17.2 Å². The molecule has 0 bridgehead atoms. The molecule has 2 aliphatic heterocycles. The molecule has 3 aliphatic rings. The largest absolute Gasteiger partial charge is 0.447 e. The number of nitrogens with zero attached hydrogens (tertiary/aromatic N) is 5. The number of fused-ring (bicyclic) bond motifs is 1. The predicted octanol–water partition coefficient (Wildman–Crippen LogP) is 3.83. The van der Waals surface area contributed by atoms with Crippen LogP contribution in [0.1, 0.15) is 32.8 Å². The SMILES string of the molecule is CC(C)(C)OC(=O)N1CC2CC2(c2ccc(N3C(=O)OC[C@H]3CN=[N+]=[N-])cc2)C1. The number of rotatable bonds is 4. The Hall–Kier alpha value is -2.93. The molecule has 0 spiro atoms. The van der Waals surface area contributed by atoms with Crippen LogP contribution in [-0.2, 0) is 14.9 Å². The van der Waals surface area contributed by atoms with Crippen LogP contribution in [0.2, 0.25) is 0 Å². The summed E-state index contributed by atoms with van der Waals surface area (Å²) in [4.78, 5) is 30.6. The van der Waals surface area contributed by atoms with Crippen LogP contribution in [0.5, 0.6) is 0 Å². The minimum Gasteiger partial charge on any atom is -0.447 e. The van der Waals surface area contributed by atoms with E-state index in [1.54, 1.807) is 4.90 Å². The number of azide groups is 1. The molecular formula is C20H25N5O4. The summed E-state index contributed by atoms with van der Waals surface area (Å²) in [5.41, 5.74) is 9.89. The molecule has 1 aliphatic carbocycles. The van der Waals surface area contributed by atoms with Crippen LogP contribution in [0.4, 0.5) is 15.3 Å². The first-order valence-electron chi connectivity index (χ1n) is 9.79. The summed E-state index contributed by atoms with van der Waals surface area (Å²) < 4.78 is 10.6. The topological polar surface area (TPSA) is 108 Å². The molecule has 0 radical (unpaired) electrons. The normalized spacial score (nSPS) is 27.9. The van der Waals surface area contributed by atoms with Crippen molar-refractivity contribution in [3.63, 3.8) is 0 Å². The molecule has 2 saturated heterocycles. The Morgan fingerprint density at radius 1 is 1.38 bits per heavy atom. The first-order valence-corrected chi connectivity index (χ1v) is 9.79. The van der Waals surface area contributed by atoms with Crippen molar-refractivity contribution >= 4 is 17.9 Å². The molecule has 9 heteroatoms. The third kappa shape index (κ3) is 3.58. The van der Waals surface area contributed by atoms with Crippen LogP contribution >= 0.6 is 0 Å². The van der Waals surface area contributed by atoms with Gasteiger partial charge in [-0.15, -0.1) is 0 Å². The number of carbonyl (C=O) groups is 2. The minimum atomic E-state index is -0.505. The lowest BCUT2D eigenvalue weighted by Gasteiger charge is -2.26. The molecule has 0 N–H and O–H groups in total. The Morgan fingerprint density at radius 2 is 2.10 bits per heavy atom. The highest BCUT2D eigenvalue weighted by Gasteiger charge is 2.62. The number of hydrogen-bond donors (Lipinski definition) is 0. The molecule has 4 rings (SSSR count). The number of hydrogen-bond acceptors (Lipinski definition) is 5. The summed E-state index contributed by atoms with van der Waals surface area (Å²) >= 11 is 0. The number of likely N-dealkylation sites (tertiary alicyclic amines) is 1. The fourth-order valence-corrected chi connectivity index (χ4v) is 4.39. The molecule has 9 nitrogen and oxygen atoms in total. The van der Waals surface area contributed by atoms with Crippen LogP contribution in [0.15, 0.2) is 29.4 Å². The lowest BCUT2D eigenvalue weighted by molar-refractivity contribution is 0.0270. The van der Waals surface area contributed by atoms with E-state index < -0.39 is 11.7 Å². The highest BCUT2D eigenvalue weighted by atomic mass is 16.6. The molecule has 154 valence electrons. The quantitative estimate of drug-likeness (QED) is 0.435. The minimum absolute atomic E-state index is 0.0224. The average Bonchev–Trinajstić information content (AvgIpc) is 3.03. The van der Waals surface area contributed by atoms with Crippen LogP contribution in [-0.4, -0.2) is 55.0 Å². The maximum absolute atomic E-state index is 12.4. The molecule has 0 aromatic heterocycles. The molecule has 3 atom stereocenters. The van der Waals surface area contributed by atoms with Crippen molar-refractivity contribution in [2.24, 2.45) is 11.0 Å². The monoisotopic (exact) mass is 399 g/mol. The van der Waals surface area contributed by atoms with E-state index in [1.807, 2.05) is 45.0 Å². The van der Waals surface area contributed by atoms with E-state index in [0.29, 0.717) is 24.7 Å². The van der Waals surface area contributed by atoms with Gasteiger partial charge < -0.3 is 14.4 Å². The molecule has 2 unspecified atom stereocenters. The van der Waals surface area contributed by atoms with Gasteiger partial charge >= 0.3 is 12.2 Å². The summed E-state index contributed by atoms with van der Waals surface area (Å²) in [6.45, 7) is 7.34. The van der Waals surface area contributed by atoms with Gasteiger partial charge in [-0.3, -0.25) is 4.90 Å². The Morgan fingerprint density at radius 3 is 2.76 bits per heavy atom. The third-order valence-electron chi connectivity index (χ3n) is 5.83. The second kappa shape index (κ2) is 6.84. The Bertz CT molecular complexity index is 874. The zero-order chi connectivity index (χ0) is 20.8. The summed E-state index contributed by atoms with van der Waals surface area (Å²) in [5.74, 6) is 0.440. The molecule has 2 amide bonds. The van der Waals surface area contributed by atoms with Crippen LogP contribution in [0, 0.1) is 5.92 Å². The van der Waals surface area contributed by atoms with Crippen molar-refractivity contribution in [3.8, 4) is 0 Å². The van der Waals surface area contributed by atoms with Crippen molar-refractivity contribution in [2.75, 3.05) is 31.1 Å². The van der Waals surface area contributed by atoms with Crippen LogP contribution in [0.25, 0.3) is 10.4 Å². The van der Waals surface area contributed by atoms with Gasteiger partial charge in [0.15, 0.2) is 0 Å². The first kappa shape index (κ1) is 19.4. The van der Waals surface area contributed by atoms with E-state index in [4.69, 9.17) is 15.0 Å². The maximum Gasteiger partial charge on any atom is 0.414 e. The summed E-state index contributed by atoms with van der Waals surface area (Å²) in [6.07, 6.45) is 0.355. The van der Waals surface area contributed by atoms with Crippen molar-refractivity contribution in [1.82, 2.24) is 4.90 Å². The van der Waals surface area contributed by atoms with E-state index >= 15 is 0 Å². The summed E-state index contributed by atoms with van der Waals surface area (Å²) in [7, 11) is 0. The Kier molecular flexibility index (Phi) is 4.58. The molecule has 2 heterocycles. The number of anilines is 1. The van der Waals surface area contributed by atoms with E-state index in [9.17, 15) is 9.59 Å². The van der Waals surface area contributed by atoms with Gasteiger partial charge in [0.2, 0.25) is 0 Å². The van der Waals surface area contributed by atoms with Gasteiger partial charge in [-0.05, 0) is 56.3 Å². The summed E-state index contributed by atoms with van der Waals surface area (Å²) in [5, 5.41) is 3.57. The molecule has 3 fully saturated rings. The fraction of sp³-hybridized carbons (Fsp3) is 0.600. The summed E-state index contributed by atoms with van der Waals surface area (Å²) in [6, 6.07) is 7.52. The lowest BCUT2D eigenvalue weighted by atomic mass is 9.94. The van der Waals surface area contributed by atoms with Crippen molar-refractivity contribution in [1.29, 1.82) is 0 Å². The maximum atomic E-state index is 12.4. The zero-order valence-corrected chi connectivity index (χ0v) is 16.9. The van der Waals surface area contributed by atoms with Crippen molar-refractivity contribution < 1.29 is 19.1 Å². The predicted molar refractivity (Wildman–Crippen MR) is 106 cm³/mol. The zero-order valence-electron chi connectivity index (χ0n) is 16.9. The first-order chi connectivity index (χ1) is 13.7. The van der Waals surface area contributed by atoms with Crippen LogP contribution in [0.3, 0.4) is 0 Å². The smallest absolute Gasteiger partial charge is 0.414 e. The van der Waals surface area contributed by atoms with Crippen molar-refractivity contribution in [3.05, 3.63) is 40.3 Å². The molecule has 29 heavy (non-hydrogen) atoms. The standard InChI is InChI=1S/C20H25N5O4/c1-19(2,3)29-17(26)24-10-14-8-20(14,12-24)13-4-6-15(7-5-13)25-16(9-22-23-21)11-28-18(25)27/h4-7,14,16H,8-12H2,1-3H3/t14?,16-,20?/m1/s1. The highest BCUT2D eigenvalue weighted by Crippen LogP contribution is 2.59. The Balaban J connectivity index is 1.47. The molecule has 1 aromatic rings. The molecule has 1 saturated carbocycles. The van der Waals surface area contributed by atoms with E-state index in [0.717, 1.165) is 12.0 Å². The number of ether oxygens (including phenoxy) is 2. The van der Waals surface area contributed by atoms with Crippen molar-refractivity contribution in [2.45, 2.75) is 44.2 Å². The number of benzene rings is 1. The van der Waals surface area contributed by atoms with E-state index in [-0.39, 0.29) is 30.7 Å². The van der Waals surface area contributed by atoms with Crippen LogP contribution < -0.4 is 4.90 Å². The highest BCUT2D eigenvalue weighted by molar-refractivity contribution is 5.90. The second-order valence-corrected chi connectivity index (χ2v) is 8.98. The number of carbonyl (C=O) groups excluding carboxylic acids is 2. The second-order valence-electron chi connectivity index (χ2n) is 8.98.